The molecule has 2 fully saturated rings. The number of benzene rings is 2. The molecule has 2 atom stereocenters. The normalized spacial score (nSPS) is 22.5. The zero-order valence-electron chi connectivity index (χ0n) is 17.1. The molecule has 156 valence electrons. The summed E-state index contributed by atoms with van der Waals surface area (Å²) in [5.74, 6) is 0.984. The minimum atomic E-state index is 0.112. The number of piperazine rings is 1. The van der Waals surface area contributed by atoms with Crippen molar-refractivity contribution in [2.24, 2.45) is 0 Å². The molecular weight excluding hydrogens is 378 g/mol. The number of amides is 1. The van der Waals surface area contributed by atoms with Gasteiger partial charge in [0.25, 0.3) is 5.91 Å². The van der Waals surface area contributed by atoms with Gasteiger partial charge in [0.15, 0.2) is 0 Å². The number of H-pyrrole nitrogens is 1. The number of hydrogen-bond acceptors (Lipinski definition) is 5. The smallest absolute Gasteiger partial charge is 0.256 e. The number of nitrogens with one attached hydrogen (secondary N) is 3. The molecule has 3 aromatic rings. The molecule has 30 heavy (non-hydrogen) atoms. The van der Waals surface area contributed by atoms with E-state index < -0.39 is 0 Å². The predicted molar refractivity (Wildman–Crippen MR) is 116 cm³/mol. The van der Waals surface area contributed by atoms with Crippen LogP contribution in [0.3, 0.4) is 0 Å². The molecule has 2 saturated heterocycles. The summed E-state index contributed by atoms with van der Waals surface area (Å²) < 4.78 is 5.25. The Morgan fingerprint density at radius 1 is 1.00 bits per heavy atom. The fourth-order valence-corrected chi connectivity index (χ4v) is 4.49. The third-order valence-corrected chi connectivity index (χ3v) is 6.26. The van der Waals surface area contributed by atoms with Gasteiger partial charge in [0.2, 0.25) is 0 Å². The minimum Gasteiger partial charge on any atom is -0.497 e. The number of rotatable bonds is 4. The predicted octanol–water partition coefficient (Wildman–Crippen LogP) is 2.50. The van der Waals surface area contributed by atoms with Crippen molar-refractivity contribution in [2.75, 3.05) is 33.3 Å². The number of fused-ring (bicyclic) bond motifs is 1. The van der Waals surface area contributed by atoms with E-state index in [1.54, 1.807) is 7.11 Å². The summed E-state index contributed by atoms with van der Waals surface area (Å²) in [6.07, 6.45) is 3.09. The third-order valence-electron chi connectivity index (χ3n) is 6.26. The molecule has 7 nitrogen and oxygen atoms in total. The van der Waals surface area contributed by atoms with E-state index in [9.17, 15) is 4.79 Å². The Morgan fingerprint density at radius 3 is 2.53 bits per heavy atom. The number of hydrogen-bond donors (Lipinski definition) is 3. The van der Waals surface area contributed by atoms with Gasteiger partial charge in [-0.2, -0.15) is 0 Å². The summed E-state index contributed by atoms with van der Waals surface area (Å²) in [5.41, 5.74) is 9.87. The average molecular weight is 406 g/mol. The van der Waals surface area contributed by atoms with Crippen LogP contribution in [0.4, 0.5) is 0 Å². The van der Waals surface area contributed by atoms with Gasteiger partial charge in [0, 0.05) is 49.3 Å². The summed E-state index contributed by atoms with van der Waals surface area (Å²) in [6.45, 7) is 3.21. The summed E-state index contributed by atoms with van der Waals surface area (Å²) in [4.78, 5) is 20.6. The quantitative estimate of drug-likeness (QED) is 0.622. The first-order valence-electron chi connectivity index (χ1n) is 10.5. The number of hydrazine groups is 1. The molecular formula is C23H27N5O2. The lowest BCUT2D eigenvalue weighted by Crippen LogP contribution is -2.55. The van der Waals surface area contributed by atoms with Gasteiger partial charge in [-0.15, -0.1) is 0 Å². The Hall–Kier alpha value is -2.87. The average Bonchev–Trinajstić information content (AvgIpc) is 3.47. The molecule has 0 bridgehead atoms. The molecule has 2 aliphatic rings. The van der Waals surface area contributed by atoms with Crippen LogP contribution in [0.25, 0.3) is 10.9 Å². The van der Waals surface area contributed by atoms with Crippen molar-refractivity contribution in [3.63, 3.8) is 0 Å². The minimum absolute atomic E-state index is 0.112. The van der Waals surface area contributed by atoms with Gasteiger partial charge in [0.05, 0.1) is 18.8 Å². The van der Waals surface area contributed by atoms with Crippen LogP contribution in [0.15, 0.2) is 54.7 Å². The third kappa shape index (κ3) is 3.56. The second kappa shape index (κ2) is 8.10. The van der Waals surface area contributed by atoms with Crippen LogP contribution >= 0.6 is 0 Å². The van der Waals surface area contributed by atoms with E-state index in [1.165, 1.54) is 5.56 Å². The monoisotopic (exact) mass is 405 g/mol. The van der Waals surface area contributed by atoms with Crippen LogP contribution in [-0.4, -0.2) is 60.1 Å². The van der Waals surface area contributed by atoms with Crippen LogP contribution in [0.2, 0.25) is 0 Å². The number of ether oxygens (including phenoxy) is 1. The summed E-state index contributed by atoms with van der Waals surface area (Å²) in [6, 6.07) is 16.4. The lowest BCUT2D eigenvalue weighted by molar-refractivity contribution is 0.0546. The number of carbonyl (C=O) groups excluding carboxylic acids is 1. The van der Waals surface area contributed by atoms with Crippen molar-refractivity contribution in [1.29, 1.82) is 0 Å². The first-order chi connectivity index (χ1) is 14.7. The maximum Gasteiger partial charge on any atom is 0.256 e. The number of carbonyl (C=O) groups is 1. The summed E-state index contributed by atoms with van der Waals surface area (Å²) >= 11 is 0. The van der Waals surface area contributed by atoms with Gasteiger partial charge in [-0.1, -0.05) is 30.3 Å². The lowest BCUT2D eigenvalue weighted by atomic mass is 10.0. The molecule has 1 aromatic heterocycles. The fraction of sp³-hybridized carbons (Fsp3) is 0.348. The molecule has 0 aliphatic carbocycles. The van der Waals surface area contributed by atoms with Gasteiger partial charge in [-0.3, -0.25) is 9.69 Å². The van der Waals surface area contributed by atoms with Crippen molar-refractivity contribution in [2.45, 2.75) is 18.6 Å². The fourth-order valence-electron chi connectivity index (χ4n) is 4.49. The second-order valence-corrected chi connectivity index (χ2v) is 7.94. The second-order valence-electron chi connectivity index (χ2n) is 7.94. The van der Waals surface area contributed by atoms with E-state index in [2.05, 4.69) is 32.9 Å². The zero-order valence-corrected chi connectivity index (χ0v) is 17.1. The van der Waals surface area contributed by atoms with Crippen LogP contribution in [0.1, 0.15) is 28.4 Å². The van der Waals surface area contributed by atoms with E-state index in [1.807, 2.05) is 47.5 Å². The Kier molecular flexibility index (Phi) is 5.16. The van der Waals surface area contributed by atoms with Crippen molar-refractivity contribution in [1.82, 2.24) is 25.6 Å². The maximum atomic E-state index is 13.0. The van der Waals surface area contributed by atoms with Gasteiger partial charge >= 0.3 is 0 Å². The Balaban J connectivity index is 1.18. The van der Waals surface area contributed by atoms with Crippen LogP contribution in [0.5, 0.6) is 5.75 Å². The molecule has 3 N–H and O–H groups in total. The number of nitrogens with zero attached hydrogens (tertiary/aromatic N) is 2. The topological polar surface area (TPSA) is 72.6 Å². The van der Waals surface area contributed by atoms with Crippen LogP contribution < -0.4 is 15.6 Å². The summed E-state index contributed by atoms with van der Waals surface area (Å²) in [5, 5.41) is 0.994. The standard InChI is InChI=1S/C23H27N5O2/c1-30-17-8-6-16(7-9-17)21-14-22(26-25-21)27-10-12-28(13-11-27)23(29)19-15-24-20-5-3-2-4-18(19)20/h2-9,15,21-22,24-26H,10-14H2,1H3. The first-order valence-corrected chi connectivity index (χ1v) is 10.5. The molecule has 5 rings (SSSR count). The molecule has 2 aliphatic heterocycles. The van der Waals surface area contributed by atoms with Crippen molar-refractivity contribution in [3.05, 3.63) is 65.9 Å². The number of para-hydroxylation sites is 1. The van der Waals surface area contributed by atoms with Gasteiger partial charge in [0.1, 0.15) is 5.75 Å². The largest absolute Gasteiger partial charge is 0.497 e. The molecule has 0 radical (unpaired) electrons. The molecule has 3 heterocycles. The molecule has 2 unspecified atom stereocenters. The van der Waals surface area contributed by atoms with E-state index in [0.717, 1.165) is 54.8 Å². The SMILES string of the molecule is COc1ccc(C2CC(N3CCN(C(=O)c4c[nH]c5ccccc45)CC3)NN2)cc1. The molecule has 1 amide bonds. The molecule has 2 aromatic carbocycles. The van der Waals surface area contributed by atoms with Gasteiger partial charge in [-0.05, 0) is 30.2 Å². The maximum absolute atomic E-state index is 13.0. The van der Waals surface area contributed by atoms with Crippen molar-refractivity contribution < 1.29 is 9.53 Å². The highest BCUT2D eigenvalue weighted by atomic mass is 16.5. The van der Waals surface area contributed by atoms with Gasteiger partial charge in [-0.25, -0.2) is 10.9 Å². The highest BCUT2D eigenvalue weighted by Gasteiger charge is 2.32. The van der Waals surface area contributed by atoms with E-state index in [4.69, 9.17) is 4.74 Å². The number of aromatic amines is 1. The Labute approximate surface area is 176 Å². The zero-order chi connectivity index (χ0) is 20.5. The van der Waals surface area contributed by atoms with E-state index >= 15 is 0 Å². The molecule has 0 saturated carbocycles. The Bertz CT molecular complexity index is 1020. The van der Waals surface area contributed by atoms with E-state index in [-0.39, 0.29) is 18.1 Å². The Morgan fingerprint density at radius 2 is 1.77 bits per heavy atom. The number of methoxy groups -OCH3 is 1. The van der Waals surface area contributed by atoms with Crippen molar-refractivity contribution in [3.8, 4) is 5.75 Å². The molecule has 0 spiro atoms. The first kappa shape index (κ1) is 19.1. The summed E-state index contributed by atoms with van der Waals surface area (Å²) in [7, 11) is 1.68. The van der Waals surface area contributed by atoms with Crippen LogP contribution in [0, 0.1) is 0 Å². The number of aromatic nitrogens is 1. The van der Waals surface area contributed by atoms with Crippen LogP contribution in [-0.2, 0) is 0 Å². The lowest BCUT2D eigenvalue weighted by Gasteiger charge is -2.37. The van der Waals surface area contributed by atoms with Crippen molar-refractivity contribution >= 4 is 16.8 Å². The molecule has 7 heteroatoms. The highest BCUT2D eigenvalue weighted by molar-refractivity contribution is 6.06. The van der Waals surface area contributed by atoms with Gasteiger partial charge < -0.3 is 14.6 Å². The highest BCUT2D eigenvalue weighted by Crippen LogP contribution is 2.26. The van der Waals surface area contributed by atoms with E-state index in [0.29, 0.717) is 0 Å².